The zero-order valence-corrected chi connectivity index (χ0v) is 9.78. The van der Waals surface area contributed by atoms with E-state index in [9.17, 15) is 0 Å². The van der Waals surface area contributed by atoms with Crippen molar-refractivity contribution in [3.63, 3.8) is 0 Å². The van der Waals surface area contributed by atoms with E-state index in [4.69, 9.17) is 5.73 Å². The fourth-order valence-corrected chi connectivity index (χ4v) is 1.74. The predicted molar refractivity (Wildman–Crippen MR) is 67.5 cm³/mol. The zero-order valence-electron chi connectivity index (χ0n) is 9.78. The summed E-state index contributed by atoms with van der Waals surface area (Å²) in [5, 5.41) is 6.84. The minimum absolute atomic E-state index is 0.516. The first-order valence-corrected chi connectivity index (χ1v) is 5.17. The molecule has 4 heteroatoms. The average molecular weight is 216 g/mol. The Morgan fingerprint density at radius 1 is 1.25 bits per heavy atom. The number of H-pyrrole nitrogens is 1. The number of aryl methyl sites for hydroxylation is 1. The highest BCUT2D eigenvalue weighted by molar-refractivity contribution is 5.69. The van der Waals surface area contributed by atoms with Gasteiger partial charge in [-0.25, -0.2) is 0 Å². The van der Waals surface area contributed by atoms with Gasteiger partial charge in [-0.3, -0.25) is 5.10 Å². The van der Waals surface area contributed by atoms with Crippen LogP contribution < -0.4 is 10.6 Å². The maximum absolute atomic E-state index is 5.59. The van der Waals surface area contributed by atoms with E-state index in [0.29, 0.717) is 5.82 Å². The lowest BCUT2D eigenvalue weighted by atomic mass is 10.1. The van der Waals surface area contributed by atoms with Gasteiger partial charge in [-0.1, -0.05) is 12.1 Å². The van der Waals surface area contributed by atoms with Gasteiger partial charge >= 0.3 is 0 Å². The molecule has 0 amide bonds. The van der Waals surface area contributed by atoms with Gasteiger partial charge in [-0.2, -0.15) is 5.10 Å². The molecule has 1 heterocycles. The molecular weight excluding hydrogens is 200 g/mol. The molecule has 4 nitrogen and oxygen atoms in total. The van der Waals surface area contributed by atoms with Crippen molar-refractivity contribution in [3.05, 3.63) is 29.8 Å². The fourth-order valence-electron chi connectivity index (χ4n) is 1.74. The minimum atomic E-state index is 0.516. The van der Waals surface area contributed by atoms with Gasteiger partial charge < -0.3 is 10.6 Å². The molecular formula is C12H16N4. The third-order valence-electron chi connectivity index (χ3n) is 2.60. The van der Waals surface area contributed by atoms with Crippen molar-refractivity contribution >= 4 is 11.5 Å². The van der Waals surface area contributed by atoms with Crippen LogP contribution in [0.15, 0.2) is 24.3 Å². The highest BCUT2D eigenvalue weighted by Crippen LogP contribution is 2.26. The van der Waals surface area contributed by atoms with Gasteiger partial charge in [0.05, 0.1) is 5.69 Å². The maximum atomic E-state index is 5.59. The maximum Gasteiger partial charge on any atom is 0.145 e. The minimum Gasteiger partial charge on any atom is -0.382 e. The summed E-state index contributed by atoms with van der Waals surface area (Å²) in [5.74, 6) is 0.516. The lowest BCUT2D eigenvalue weighted by Gasteiger charge is -2.16. The van der Waals surface area contributed by atoms with Crippen LogP contribution in [-0.2, 0) is 0 Å². The van der Waals surface area contributed by atoms with E-state index in [0.717, 1.165) is 11.3 Å². The molecule has 2 aromatic rings. The number of nitrogens with two attached hydrogens (primary N) is 1. The molecule has 0 saturated carbocycles. The van der Waals surface area contributed by atoms with Crippen LogP contribution in [-0.4, -0.2) is 24.3 Å². The van der Waals surface area contributed by atoms with Gasteiger partial charge in [0.15, 0.2) is 0 Å². The van der Waals surface area contributed by atoms with Gasteiger partial charge in [0.1, 0.15) is 5.82 Å². The largest absolute Gasteiger partial charge is 0.382 e. The Morgan fingerprint density at radius 2 is 2.00 bits per heavy atom. The van der Waals surface area contributed by atoms with Crippen LogP contribution in [0.5, 0.6) is 0 Å². The van der Waals surface area contributed by atoms with E-state index in [2.05, 4.69) is 40.2 Å². The van der Waals surface area contributed by atoms with Crippen LogP contribution >= 0.6 is 0 Å². The fraction of sp³-hybridized carbons (Fsp3) is 0.250. The summed E-state index contributed by atoms with van der Waals surface area (Å²) in [7, 11) is 4.07. The molecule has 84 valence electrons. The van der Waals surface area contributed by atoms with Gasteiger partial charge in [0, 0.05) is 31.4 Å². The van der Waals surface area contributed by atoms with Crippen molar-refractivity contribution in [2.24, 2.45) is 0 Å². The molecule has 1 aromatic carbocycles. The number of hydrogen-bond acceptors (Lipinski definition) is 3. The highest BCUT2D eigenvalue weighted by atomic mass is 15.2. The summed E-state index contributed by atoms with van der Waals surface area (Å²) >= 11 is 0. The SMILES string of the molecule is Cc1ccc(-c2cc(N)n[nH]2)cc1N(C)C. The molecule has 0 atom stereocenters. The number of nitrogen functional groups attached to an aromatic ring is 1. The van der Waals surface area contributed by atoms with Gasteiger partial charge in [0.25, 0.3) is 0 Å². The van der Waals surface area contributed by atoms with E-state index in [1.165, 1.54) is 11.3 Å². The number of nitrogens with one attached hydrogen (secondary N) is 1. The summed E-state index contributed by atoms with van der Waals surface area (Å²) in [4.78, 5) is 2.10. The number of rotatable bonds is 2. The quantitative estimate of drug-likeness (QED) is 0.807. The van der Waals surface area contributed by atoms with Crippen molar-refractivity contribution in [1.29, 1.82) is 0 Å². The third-order valence-corrected chi connectivity index (χ3v) is 2.60. The number of aromatic amines is 1. The molecule has 1 aromatic heterocycles. The number of anilines is 2. The molecule has 0 saturated heterocycles. The topological polar surface area (TPSA) is 57.9 Å². The smallest absolute Gasteiger partial charge is 0.145 e. The van der Waals surface area contributed by atoms with Crippen LogP contribution in [0.2, 0.25) is 0 Å². The summed E-state index contributed by atoms with van der Waals surface area (Å²) < 4.78 is 0. The Bertz CT molecular complexity index is 499. The third kappa shape index (κ3) is 1.86. The van der Waals surface area contributed by atoms with Crippen molar-refractivity contribution in [3.8, 4) is 11.3 Å². The number of hydrogen-bond donors (Lipinski definition) is 2. The van der Waals surface area contributed by atoms with Crippen molar-refractivity contribution in [2.45, 2.75) is 6.92 Å². The summed E-state index contributed by atoms with van der Waals surface area (Å²) in [6, 6.07) is 8.13. The molecule has 0 bridgehead atoms. The Kier molecular flexibility index (Phi) is 2.56. The molecule has 2 rings (SSSR count). The van der Waals surface area contributed by atoms with Gasteiger partial charge in [-0.15, -0.1) is 0 Å². The van der Waals surface area contributed by atoms with E-state index in [1.807, 2.05) is 20.2 Å². The van der Waals surface area contributed by atoms with E-state index < -0.39 is 0 Å². The van der Waals surface area contributed by atoms with Crippen LogP contribution in [0.3, 0.4) is 0 Å². The van der Waals surface area contributed by atoms with Gasteiger partial charge in [0.2, 0.25) is 0 Å². The van der Waals surface area contributed by atoms with Crippen LogP contribution in [0, 0.1) is 6.92 Å². The number of aromatic nitrogens is 2. The number of nitrogens with zero attached hydrogens (tertiary/aromatic N) is 2. The lowest BCUT2D eigenvalue weighted by molar-refractivity contribution is 1.09. The lowest BCUT2D eigenvalue weighted by Crippen LogP contribution is -2.10. The Labute approximate surface area is 95.1 Å². The molecule has 0 aliphatic carbocycles. The molecule has 0 fully saturated rings. The molecule has 0 spiro atoms. The van der Waals surface area contributed by atoms with E-state index in [-0.39, 0.29) is 0 Å². The number of benzene rings is 1. The van der Waals surface area contributed by atoms with Crippen molar-refractivity contribution in [1.82, 2.24) is 10.2 Å². The molecule has 3 N–H and O–H groups in total. The van der Waals surface area contributed by atoms with Crippen molar-refractivity contribution in [2.75, 3.05) is 24.7 Å². The molecule has 0 aliphatic heterocycles. The second-order valence-corrected chi connectivity index (χ2v) is 4.10. The molecule has 0 radical (unpaired) electrons. The van der Waals surface area contributed by atoms with Crippen LogP contribution in [0.1, 0.15) is 5.56 Å². The second kappa shape index (κ2) is 3.89. The Morgan fingerprint density at radius 3 is 2.56 bits per heavy atom. The van der Waals surface area contributed by atoms with Crippen LogP contribution in [0.4, 0.5) is 11.5 Å². The van der Waals surface area contributed by atoms with E-state index in [1.54, 1.807) is 0 Å². The molecule has 0 unspecified atom stereocenters. The second-order valence-electron chi connectivity index (χ2n) is 4.10. The Hall–Kier alpha value is -1.97. The standard InChI is InChI=1S/C12H16N4/c1-8-4-5-9(6-11(8)16(2)3)10-7-12(13)15-14-10/h4-7H,1-3H3,(H3,13,14,15). The predicted octanol–water partition coefficient (Wildman–Crippen LogP) is 2.03. The summed E-state index contributed by atoms with van der Waals surface area (Å²) in [6.45, 7) is 2.10. The first-order chi connectivity index (χ1) is 7.58. The van der Waals surface area contributed by atoms with Crippen molar-refractivity contribution < 1.29 is 0 Å². The summed E-state index contributed by atoms with van der Waals surface area (Å²) in [6.07, 6.45) is 0. The molecule has 16 heavy (non-hydrogen) atoms. The summed E-state index contributed by atoms with van der Waals surface area (Å²) in [5.41, 5.74) is 10.1. The highest BCUT2D eigenvalue weighted by Gasteiger charge is 2.06. The first kappa shape index (κ1) is 10.5. The van der Waals surface area contributed by atoms with E-state index >= 15 is 0 Å². The normalized spacial score (nSPS) is 10.4. The first-order valence-electron chi connectivity index (χ1n) is 5.17. The molecule has 0 aliphatic rings. The van der Waals surface area contributed by atoms with Gasteiger partial charge in [-0.05, 0) is 18.6 Å². The average Bonchev–Trinajstić information content (AvgIpc) is 2.65. The zero-order chi connectivity index (χ0) is 11.7. The Balaban J connectivity index is 2.47. The monoisotopic (exact) mass is 216 g/mol. The van der Waals surface area contributed by atoms with Crippen LogP contribution in [0.25, 0.3) is 11.3 Å².